The number of hydrogen-bond donors (Lipinski definition) is 2. The second-order valence-electron chi connectivity index (χ2n) is 3.44. The SMILES string of the molecule is CN=C(NC)NCC(C)Oc1ccccc1. The van der Waals surface area contributed by atoms with Crippen LogP contribution in [-0.2, 0) is 0 Å². The molecule has 0 aliphatic heterocycles. The number of rotatable bonds is 4. The maximum absolute atomic E-state index is 5.71. The lowest BCUT2D eigenvalue weighted by Crippen LogP contribution is -2.40. The highest BCUT2D eigenvalue weighted by atomic mass is 16.5. The molecule has 0 aliphatic carbocycles. The standard InChI is InChI=1S/C12H19N3O/c1-10(9-15-12(13-2)14-3)16-11-7-5-4-6-8-11/h4-8,10H,9H2,1-3H3,(H2,13,14,15). The van der Waals surface area contributed by atoms with Gasteiger partial charge >= 0.3 is 0 Å². The molecule has 1 atom stereocenters. The highest BCUT2D eigenvalue weighted by molar-refractivity contribution is 5.79. The average Bonchev–Trinajstić information content (AvgIpc) is 2.31. The van der Waals surface area contributed by atoms with E-state index in [4.69, 9.17) is 4.74 Å². The van der Waals surface area contributed by atoms with Crippen molar-refractivity contribution in [1.82, 2.24) is 10.6 Å². The Labute approximate surface area is 96.7 Å². The molecule has 0 aliphatic rings. The molecule has 1 rings (SSSR count). The van der Waals surface area contributed by atoms with Gasteiger partial charge < -0.3 is 15.4 Å². The minimum atomic E-state index is 0.0903. The number of aliphatic imine (C=N–C) groups is 1. The number of nitrogens with zero attached hydrogens (tertiary/aromatic N) is 1. The molecule has 4 heteroatoms. The van der Waals surface area contributed by atoms with E-state index in [2.05, 4.69) is 15.6 Å². The third-order valence-corrected chi connectivity index (χ3v) is 2.10. The molecule has 0 saturated heterocycles. The van der Waals surface area contributed by atoms with Crippen molar-refractivity contribution in [3.63, 3.8) is 0 Å². The van der Waals surface area contributed by atoms with Gasteiger partial charge in [0.15, 0.2) is 5.96 Å². The van der Waals surface area contributed by atoms with Crippen LogP contribution < -0.4 is 15.4 Å². The number of ether oxygens (including phenoxy) is 1. The summed E-state index contributed by atoms with van der Waals surface area (Å²) >= 11 is 0. The smallest absolute Gasteiger partial charge is 0.190 e. The fourth-order valence-electron chi connectivity index (χ4n) is 1.29. The summed E-state index contributed by atoms with van der Waals surface area (Å²) < 4.78 is 5.71. The lowest BCUT2D eigenvalue weighted by atomic mass is 10.3. The summed E-state index contributed by atoms with van der Waals surface area (Å²) in [5, 5.41) is 6.11. The van der Waals surface area contributed by atoms with E-state index in [1.807, 2.05) is 44.3 Å². The molecule has 1 aromatic carbocycles. The van der Waals surface area contributed by atoms with E-state index in [1.54, 1.807) is 7.05 Å². The largest absolute Gasteiger partial charge is 0.489 e. The predicted molar refractivity (Wildman–Crippen MR) is 67.0 cm³/mol. The van der Waals surface area contributed by atoms with E-state index in [0.29, 0.717) is 6.54 Å². The fraction of sp³-hybridized carbons (Fsp3) is 0.417. The minimum absolute atomic E-state index is 0.0903. The molecular formula is C12H19N3O. The predicted octanol–water partition coefficient (Wildman–Crippen LogP) is 1.25. The van der Waals surface area contributed by atoms with Crippen molar-refractivity contribution in [2.75, 3.05) is 20.6 Å². The van der Waals surface area contributed by atoms with E-state index in [0.717, 1.165) is 11.7 Å². The topological polar surface area (TPSA) is 45.7 Å². The van der Waals surface area contributed by atoms with Gasteiger partial charge in [-0.1, -0.05) is 18.2 Å². The Hall–Kier alpha value is -1.71. The fourth-order valence-corrected chi connectivity index (χ4v) is 1.29. The zero-order chi connectivity index (χ0) is 11.8. The first-order chi connectivity index (χ1) is 7.76. The summed E-state index contributed by atoms with van der Waals surface area (Å²) in [6, 6.07) is 9.79. The Morgan fingerprint density at radius 1 is 1.38 bits per heavy atom. The van der Waals surface area contributed by atoms with E-state index in [1.165, 1.54) is 0 Å². The molecule has 0 fully saturated rings. The third-order valence-electron chi connectivity index (χ3n) is 2.10. The quantitative estimate of drug-likeness (QED) is 0.594. The molecule has 0 bridgehead atoms. The second-order valence-corrected chi connectivity index (χ2v) is 3.44. The van der Waals surface area contributed by atoms with Crippen LogP contribution in [0, 0.1) is 0 Å². The molecule has 0 heterocycles. The van der Waals surface area contributed by atoms with Crippen molar-refractivity contribution in [1.29, 1.82) is 0 Å². The molecule has 88 valence electrons. The van der Waals surface area contributed by atoms with Gasteiger partial charge in [-0.15, -0.1) is 0 Å². The van der Waals surface area contributed by atoms with Crippen LogP contribution in [-0.4, -0.2) is 32.7 Å². The summed E-state index contributed by atoms with van der Waals surface area (Å²) in [5.74, 6) is 1.65. The van der Waals surface area contributed by atoms with Crippen LogP contribution in [0.25, 0.3) is 0 Å². The number of guanidine groups is 1. The van der Waals surface area contributed by atoms with E-state index >= 15 is 0 Å². The van der Waals surface area contributed by atoms with Gasteiger partial charge in [0.1, 0.15) is 11.9 Å². The van der Waals surface area contributed by atoms with Gasteiger partial charge in [-0.3, -0.25) is 4.99 Å². The van der Waals surface area contributed by atoms with Crippen LogP contribution in [0.3, 0.4) is 0 Å². The van der Waals surface area contributed by atoms with Crippen molar-refractivity contribution in [2.24, 2.45) is 4.99 Å². The second kappa shape index (κ2) is 6.71. The molecular weight excluding hydrogens is 202 g/mol. The Morgan fingerprint density at radius 3 is 2.62 bits per heavy atom. The Bertz CT molecular complexity index is 324. The van der Waals surface area contributed by atoms with E-state index < -0.39 is 0 Å². The van der Waals surface area contributed by atoms with Crippen molar-refractivity contribution < 1.29 is 4.74 Å². The zero-order valence-electron chi connectivity index (χ0n) is 10.0. The average molecular weight is 221 g/mol. The summed E-state index contributed by atoms with van der Waals surface area (Å²) in [5.41, 5.74) is 0. The Kier molecular flexibility index (Phi) is 5.19. The zero-order valence-corrected chi connectivity index (χ0v) is 10.0. The summed E-state index contributed by atoms with van der Waals surface area (Å²) in [4.78, 5) is 4.02. The first-order valence-electron chi connectivity index (χ1n) is 5.36. The lowest BCUT2D eigenvalue weighted by molar-refractivity contribution is 0.224. The van der Waals surface area contributed by atoms with Crippen molar-refractivity contribution in [3.05, 3.63) is 30.3 Å². The number of hydrogen-bond acceptors (Lipinski definition) is 2. The van der Waals surface area contributed by atoms with Gasteiger partial charge in [-0.05, 0) is 19.1 Å². The highest BCUT2D eigenvalue weighted by Gasteiger charge is 2.04. The maximum Gasteiger partial charge on any atom is 0.190 e. The molecule has 0 amide bonds. The molecule has 0 spiro atoms. The number of benzene rings is 1. The van der Waals surface area contributed by atoms with Crippen molar-refractivity contribution in [2.45, 2.75) is 13.0 Å². The monoisotopic (exact) mass is 221 g/mol. The first-order valence-corrected chi connectivity index (χ1v) is 5.36. The minimum Gasteiger partial charge on any atom is -0.489 e. The third kappa shape index (κ3) is 4.21. The van der Waals surface area contributed by atoms with Gasteiger partial charge in [0.25, 0.3) is 0 Å². The molecule has 1 aromatic rings. The molecule has 0 saturated carbocycles. The Morgan fingerprint density at radius 2 is 2.06 bits per heavy atom. The normalized spacial score (nSPS) is 13.1. The van der Waals surface area contributed by atoms with Crippen molar-refractivity contribution >= 4 is 5.96 Å². The molecule has 16 heavy (non-hydrogen) atoms. The van der Waals surface area contributed by atoms with Gasteiger partial charge in [0.2, 0.25) is 0 Å². The van der Waals surface area contributed by atoms with E-state index in [9.17, 15) is 0 Å². The molecule has 1 unspecified atom stereocenters. The van der Waals surface area contributed by atoms with Gasteiger partial charge in [-0.25, -0.2) is 0 Å². The van der Waals surface area contributed by atoms with Gasteiger partial charge in [0.05, 0.1) is 6.54 Å². The van der Waals surface area contributed by atoms with Gasteiger partial charge in [-0.2, -0.15) is 0 Å². The summed E-state index contributed by atoms with van der Waals surface area (Å²) in [7, 11) is 3.57. The molecule has 2 N–H and O–H groups in total. The van der Waals surface area contributed by atoms with Gasteiger partial charge in [0, 0.05) is 14.1 Å². The number of nitrogens with one attached hydrogen (secondary N) is 2. The highest BCUT2D eigenvalue weighted by Crippen LogP contribution is 2.10. The van der Waals surface area contributed by atoms with Crippen LogP contribution in [0.15, 0.2) is 35.3 Å². The molecule has 0 aromatic heterocycles. The molecule has 4 nitrogen and oxygen atoms in total. The maximum atomic E-state index is 5.71. The van der Waals surface area contributed by atoms with Crippen molar-refractivity contribution in [3.8, 4) is 5.75 Å². The first kappa shape index (κ1) is 12.4. The number of para-hydroxylation sites is 1. The van der Waals surface area contributed by atoms with E-state index in [-0.39, 0.29) is 6.10 Å². The molecule has 0 radical (unpaired) electrons. The Balaban J connectivity index is 2.34. The summed E-state index contributed by atoms with van der Waals surface area (Å²) in [6.07, 6.45) is 0.0903. The van der Waals surface area contributed by atoms with Crippen LogP contribution in [0.5, 0.6) is 5.75 Å². The van der Waals surface area contributed by atoms with Crippen LogP contribution >= 0.6 is 0 Å². The van der Waals surface area contributed by atoms with Crippen LogP contribution in [0.1, 0.15) is 6.92 Å². The van der Waals surface area contributed by atoms with Crippen LogP contribution in [0.2, 0.25) is 0 Å². The lowest BCUT2D eigenvalue weighted by Gasteiger charge is -2.16. The van der Waals surface area contributed by atoms with Crippen LogP contribution in [0.4, 0.5) is 0 Å². The summed E-state index contributed by atoms with van der Waals surface area (Å²) in [6.45, 7) is 2.73.